The third-order valence-electron chi connectivity index (χ3n) is 3.84. The number of hydrogen-bond donors (Lipinski definition) is 1. The molecule has 1 aromatic heterocycles. The Kier molecular flexibility index (Phi) is 3.98. The maximum Gasteiger partial charge on any atom is 0.307 e. The van der Waals surface area contributed by atoms with Gasteiger partial charge in [0.25, 0.3) is 0 Å². The van der Waals surface area contributed by atoms with Crippen LogP contribution in [0.15, 0.2) is 52.0 Å². The summed E-state index contributed by atoms with van der Waals surface area (Å²) in [5.74, 6) is -0.0521. The first-order valence-corrected chi connectivity index (χ1v) is 7.45. The number of nitrogens with one attached hydrogen (secondary N) is 1. The number of fused-ring (bicyclic) bond motifs is 1. The first kappa shape index (κ1) is 15.0. The average molecular weight is 306 g/mol. The van der Waals surface area contributed by atoms with Gasteiger partial charge in [-0.15, -0.1) is 0 Å². The molecule has 1 amide bonds. The molecule has 0 radical (unpaired) electrons. The zero-order chi connectivity index (χ0) is 16.4. The number of aryl methyl sites for hydroxylation is 3. The molecular formula is C19H18N2O2. The van der Waals surface area contributed by atoms with Crippen molar-refractivity contribution in [2.45, 2.75) is 20.8 Å². The smallest absolute Gasteiger partial charge is 0.307 e. The second-order valence-corrected chi connectivity index (χ2v) is 5.61. The van der Waals surface area contributed by atoms with Crippen molar-refractivity contribution in [1.29, 1.82) is 0 Å². The van der Waals surface area contributed by atoms with Crippen molar-refractivity contribution < 1.29 is 9.21 Å². The predicted molar refractivity (Wildman–Crippen MR) is 91.9 cm³/mol. The van der Waals surface area contributed by atoms with E-state index in [1.165, 1.54) is 5.56 Å². The van der Waals surface area contributed by atoms with Crippen LogP contribution in [0.3, 0.4) is 0 Å². The summed E-state index contributed by atoms with van der Waals surface area (Å²) < 4.78 is 5.62. The molecule has 0 spiro atoms. The van der Waals surface area contributed by atoms with Gasteiger partial charge in [0.15, 0.2) is 5.76 Å². The van der Waals surface area contributed by atoms with Crippen molar-refractivity contribution >= 4 is 23.1 Å². The van der Waals surface area contributed by atoms with Gasteiger partial charge in [0, 0.05) is 10.9 Å². The van der Waals surface area contributed by atoms with Gasteiger partial charge in [0.2, 0.25) is 0 Å². The van der Waals surface area contributed by atoms with Crippen LogP contribution >= 0.6 is 0 Å². The fourth-order valence-electron chi connectivity index (χ4n) is 2.57. The van der Waals surface area contributed by atoms with Crippen molar-refractivity contribution in [1.82, 2.24) is 5.43 Å². The highest BCUT2D eigenvalue weighted by atomic mass is 16.3. The fraction of sp³-hybridized carbons (Fsp3) is 0.158. The Bertz CT molecular complexity index is 907. The Labute approximate surface area is 134 Å². The lowest BCUT2D eigenvalue weighted by atomic mass is 10.1. The summed E-state index contributed by atoms with van der Waals surface area (Å²) in [5, 5.41) is 4.98. The molecule has 3 rings (SSSR count). The summed E-state index contributed by atoms with van der Waals surface area (Å²) in [6.07, 6.45) is 1.64. The van der Waals surface area contributed by atoms with Gasteiger partial charge in [-0.25, -0.2) is 5.43 Å². The minimum absolute atomic E-state index is 0.295. The van der Waals surface area contributed by atoms with Crippen molar-refractivity contribution in [3.05, 3.63) is 70.5 Å². The summed E-state index contributed by atoms with van der Waals surface area (Å²) in [7, 11) is 0. The molecule has 0 aliphatic rings. The molecule has 0 fully saturated rings. The Morgan fingerprint density at radius 3 is 2.65 bits per heavy atom. The van der Waals surface area contributed by atoms with Crippen LogP contribution in [-0.4, -0.2) is 12.1 Å². The molecule has 0 unspecified atom stereocenters. The third-order valence-corrected chi connectivity index (χ3v) is 3.84. The van der Waals surface area contributed by atoms with Crippen molar-refractivity contribution in [2.24, 2.45) is 5.10 Å². The molecule has 23 heavy (non-hydrogen) atoms. The first-order chi connectivity index (χ1) is 11.1. The summed E-state index contributed by atoms with van der Waals surface area (Å²) in [5.41, 5.74) is 7.33. The molecule has 1 heterocycles. The highest BCUT2D eigenvalue weighted by Gasteiger charge is 2.16. The summed E-state index contributed by atoms with van der Waals surface area (Å²) in [6.45, 7) is 5.92. The van der Waals surface area contributed by atoms with Crippen LogP contribution < -0.4 is 5.43 Å². The van der Waals surface area contributed by atoms with E-state index >= 15 is 0 Å². The number of amides is 1. The van der Waals surface area contributed by atoms with E-state index < -0.39 is 0 Å². The van der Waals surface area contributed by atoms with Gasteiger partial charge in [0.05, 0.1) is 6.21 Å². The maximum atomic E-state index is 12.2. The number of benzene rings is 2. The molecule has 0 saturated heterocycles. The quantitative estimate of drug-likeness (QED) is 0.584. The van der Waals surface area contributed by atoms with Crippen molar-refractivity contribution in [3.8, 4) is 0 Å². The van der Waals surface area contributed by atoms with E-state index in [1.807, 2.05) is 57.2 Å². The van der Waals surface area contributed by atoms with Crippen LogP contribution in [0.25, 0.3) is 11.0 Å². The maximum absolute atomic E-state index is 12.2. The molecule has 116 valence electrons. The SMILES string of the molecule is Cc1ccc(/C=N\NC(=O)c2oc3ccccc3c2C)c(C)c1. The number of carbonyl (C=O) groups excluding carboxylic acids is 1. The molecule has 1 N–H and O–H groups in total. The Morgan fingerprint density at radius 1 is 1.13 bits per heavy atom. The Balaban J connectivity index is 1.78. The van der Waals surface area contributed by atoms with E-state index in [1.54, 1.807) is 6.21 Å². The second kappa shape index (κ2) is 6.08. The molecular weight excluding hydrogens is 288 g/mol. The van der Waals surface area contributed by atoms with E-state index in [9.17, 15) is 4.79 Å². The summed E-state index contributed by atoms with van der Waals surface area (Å²) in [4.78, 5) is 12.2. The molecule has 3 aromatic rings. The van der Waals surface area contributed by atoms with Crippen LogP contribution in [0.5, 0.6) is 0 Å². The molecule has 0 bridgehead atoms. The van der Waals surface area contributed by atoms with E-state index in [0.717, 1.165) is 22.1 Å². The van der Waals surface area contributed by atoms with Gasteiger partial charge in [-0.3, -0.25) is 4.79 Å². The topological polar surface area (TPSA) is 54.6 Å². The van der Waals surface area contributed by atoms with Gasteiger partial charge in [-0.2, -0.15) is 5.10 Å². The van der Waals surface area contributed by atoms with E-state index in [2.05, 4.69) is 16.6 Å². The summed E-state index contributed by atoms with van der Waals surface area (Å²) in [6, 6.07) is 13.6. The number of furan rings is 1. The molecule has 2 aromatic carbocycles. The third kappa shape index (κ3) is 3.01. The monoisotopic (exact) mass is 306 g/mol. The molecule has 0 atom stereocenters. The largest absolute Gasteiger partial charge is 0.451 e. The molecule has 0 aliphatic carbocycles. The standard InChI is InChI=1S/C19H18N2O2/c1-12-8-9-15(13(2)10-12)11-20-21-19(22)18-14(3)16-6-4-5-7-17(16)23-18/h4-11H,1-3H3,(H,21,22)/b20-11-. The minimum atomic E-state index is -0.347. The molecule has 4 heteroatoms. The van der Waals surface area contributed by atoms with Crippen LogP contribution in [0, 0.1) is 20.8 Å². The fourth-order valence-corrected chi connectivity index (χ4v) is 2.57. The normalized spacial score (nSPS) is 11.3. The van der Waals surface area contributed by atoms with Gasteiger partial charge >= 0.3 is 5.91 Å². The number of rotatable bonds is 3. The van der Waals surface area contributed by atoms with Crippen LogP contribution in [0.2, 0.25) is 0 Å². The predicted octanol–water partition coefficient (Wildman–Crippen LogP) is 4.12. The van der Waals surface area contributed by atoms with E-state index in [0.29, 0.717) is 11.3 Å². The van der Waals surface area contributed by atoms with Gasteiger partial charge in [0.1, 0.15) is 5.58 Å². The zero-order valence-corrected chi connectivity index (χ0v) is 13.4. The van der Waals surface area contributed by atoms with Crippen molar-refractivity contribution in [2.75, 3.05) is 0 Å². The Hall–Kier alpha value is -2.88. The number of hydrazone groups is 1. The summed E-state index contributed by atoms with van der Waals surface area (Å²) >= 11 is 0. The Morgan fingerprint density at radius 2 is 1.91 bits per heavy atom. The lowest BCUT2D eigenvalue weighted by molar-refractivity contribution is 0.0929. The van der Waals surface area contributed by atoms with Gasteiger partial charge in [-0.05, 0) is 38.0 Å². The number of hydrogen-bond acceptors (Lipinski definition) is 3. The van der Waals surface area contributed by atoms with Crippen molar-refractivity contribution in [3.63, 3.8) is 0 Å². The first-order valence-electron chi connectivity index (χ1n) is 7.45. The van der Waals surface area contributed by atoms with E-state index in [-0.39, 0.29) is 5.91 Å². The molecule has 4 nitrogen and oxygen atoms in total. The van der Waals surface area contributed by atoms with Crippen LogP contribution in [0.4, 0.5) is 0 Å². The number of nitrogens with zero attached hydrogens (tertiary/aromatic N) is 1. The number of carbonyl (C=O) groups is 1. The highest BCUT2D eigenvalue weighted by Crippen LogP contribution is 2.24. The highest BCUT2D eigenvalue weighted by molar-refractivity contribution is 5.99. The minimum Gasteiger partial charge on any atom is -0.451 e. The lowest BCUT2D eigenvalue weighted by Gasteiger charge is -2.01. The second-order valence-electron chi connectivity index (χ2n) is 5.61. The molecule has 0 saturated carbocycles. The average Bonchev–Trinajstić information content (AvgIpc) is 2.87. The van der Waals surface area contributed by atoms with Crippen LogP contribution in [-0.2, 0) is 0 Å². The zero-order valence-electron chi connectivity index (χ0n) is 13.4. The van der Waals surface area contributed by atoms with Gasteiger partial charge < -0.3 is 4.42 Å². The molecule has 0 aliphatic heterocycles. The van der Waals surface area contributed by atoms with Crippen LogP contribution in [0.1, 0.15) is 32.8 Å². The number of para-hydroxylation sites is 1. The van der Waals surface area contributed by atoms with E-state index in [4.69, 9.17) is 4.42 Å². The van der Waals surface area contributed by atoms with Gasteiger partial charge in [-0.1, -0.05) is 42.0 Å². The lowest BCUT2D eigenvalue weighted by Crippen LogP contribution is -2.17.